The van der Waals surface area contributed by atoms with Gasteiger partial charge in [-0.2, -0.15) is 0 Å². The zero-order chi connectivity index (χ0) is 7.90. The molecule has 0 aromatic carbocycles. The Morgan fingerprint density at radius 1 is 1.45 bits per heavy atom. The van der Waals surface area contributed by atoms with Gasteiger partial charge in [0.1, 0.15) is 0 Å². The zero-order valence-corrected chi connectivity index (χ0v) is 6.79. The molecule has 2 saturated carbocycles. The van der Waals surface area contributed by atoms with E-state index in [2.05, 4.69) is 0 Å². The van der Waals surface area contributed by atoms with Gasteiger partial charge in [-0.3, -0.25) is 0 Å². The standard InChI is InChI=1S/C9H16O2/c10-6-9-3-1-2-7(9)4-8(11)5-9/h7-8,10-11H,1-6H2/t7-,8?,9+/m0/s1. The summed E-state index contributed by atoms with van der Waals surface area (Å²) in [5.41, 5.74) is 0.124. The lowest BCUT2D eigenvalue weighted by Crippen LogP contribution is -2.24. The fourth-order valence-corrected chi connectivity index (χ4v) is 3.00. The lowest BCUT2D eigenvalue weighted by atomic mass is 9.81. The van der Waals surface area contributed by atoms with E-state index in [1.54, 1.807) is 0 Å². The molecule has 64 valence electrons. The average Bonchev–Trinajstić information content (AvgIpc) is 2.43. The van der Waals surface area contributed by atoms with Crippen molar-refractivity contribution < 1.29 is 10.2 Å². The largest absolute Gasteiger partial charge is 0.396 e. The van der Waals surface area contributed by atoms with Crippen LogP contribution < -0.4 is 0 Å². The summed E-state index contributed by atoms with van der Waals surface area (Å²) in [5, 5.41) is 18.7. The van der Waals surface area contributed by atoms with Gasteiger partial charge < -0.3 is 10.2 Å². The third kappa shape index (κ3) is 1.00. The molecule has 1 unspecified atom stereocenters. The minimum Gasteiger partial charge on any atom is -0.396 e. The van der Waals surface area contributed by atoms with Crippen molar-refractivity contribution >= 4 is 0 Å². The van der Waals surface area contributed by atoms with E-state index in [4.69, 9.17) is 0 Å². The summed E-state index contributed by atoms with van der Waals surface area (Å²) in [6.07, 6.45) is 5.24. The molecule has 0 aromatic rings. The molecule has 3 atom stereocenters. The summed E-state index contributed by atoms with van der Waals surface area (Å²) in [5.74, 6) is 0.613. The lowest BCUT2D eigenvalue weighted by Gasteiger charge is -2.25. The summed E-state index contributed by atoms with van der Waals surface area (Å²) < 4.78 is 0. The number of aliphatic hydroxyl groups is 2. The minimum absolute atomic E-state index is 0.124. The van der Waals surface area contributed by atoms with E-state index in [1.807, 2.05) is 0 Å². The van der Waals surface area contributed by atoms with Crippen LogP contribution in [0.5, 0.6) is 0 Å². The highest BCUT2D eigenvalue weighted by Crippen LogP contribution is 2.53. The van der Waals surface area contributed by atoms with E-state index in [0.717, 1.165) is 19.3 Å². The summed E-state index contributed by atoms with van der Waals surface area (Å²) in [4.78, 5) is 0. The van der Waals surface area contributed by atoms with Gasteiger partial charge in [-0.15, -0.1) is 0 Å². The van der Waals surface area contributed by atoms with E-state index < -0.39 is 0 Å². The maximum atomic E-state index is 9.42. The molecule has 0 radical (unpaired) electrons. The monoisotopic (exact) mass is 156 g/mol. The van der Waals surface area contributed by atoms with Gasteiger partial charge in [0.25, 0.3) is 0 Å². The predicted molar refractivity (Wildman–Crippen MR) is 42.1 cm³/mol. The van der Waals surface area contributed by atoms with Crippen molar-refractivity contribution in [2.45, 2.75) is 38.2 Å². The highest BCUT2D eigenvalue weighted by molar-refractivity contribution is 4.99. The first-order valence-corrected chi connectivity index (χ1v) is 4.56. The Morgan fingerprint density at radius 3 is 2.91 bits per heavy atom. The maximum absolute atomic E-state index is 9.42. The third-order valence-corrected chi connectivity index (χ3v) is 3.61. The SMILES string of the molecule is OC[C@]12CCC[C@H]1CC(O)C2. The van der Waals surface area contributed by atoms with E-state index in [1.165, 1.54) is 12.8 Å². The van der Waals surface area contributed by atoms with Gasteiger partial charge >= 0.3 is 0 Å². The number of rotatable bonds is 1. The number of fused-ring (bicyclic) bond motifs is 1. The van der Waals surface area contributed by atoms with Gasteiger partial charge in [0, 0.05) is 6.61 Å². The molecule has 0 aliphatic heterocycles. The van der Waals surface area contributed by atoms with Crippen LogP contribution in [0.1, 0.15) is 32.1 Å². The first-order chi connectivity index (χ1) is 5.27. The molecule has 2 nitrogen and oxygen atoms in total. The van der Waals surface area contributed by atoms with Gasteiger partial charge in [0.05, 0.1) is 6.10 Å². The van der Waals surface area contributed by atoms with E-state index >= 15 is 0 Å². The predicted octanol–water partition coefficient (Wildman–Crippen LogP) is 0.920. The number of aliphatic hydroxyl groups excluding tert-OH is 2. The Bertz CT molecular complexity index is 158. The second-order valence-electron chi connectivity index (χ2n) is 4.20. The molecule has 2 heteroatoms. The van der Waals surface area contributed by atoms with Gasteiger partial charge in [0.15, 0.2) is 0 Å². The lowest BCUT2D eigenvalue weighted by molar-refractivity contribution is 0.0911. The molecule has 0 saturated heterocycles. The fraction of sp³-hybridized carbons (Fsp3) is 1.00. The van der Waals surface area contributed by atoms with E-state index in [-0.39, 0.29) is 18.1 Å². The van der Waals surface area contributed by atoms with Crippen LogP contribution in [0.25, 0.3) is 0 Å². The van der Waals surface area contributed by atoms with Crippen molar-refractivity contribution in [2.75, 3.05) is 6.61 Å². The van der Waals surface area contributed by atoms with Crippen LogP contribution in [0.3, 0.4) is 0 Å². The molecule has 0 amide bonds. The molecule has 0 bridgehead atoms. The van der Waals surface area contributed by atoms with Crippen molar-refractivity contribution in [1.82, 2.24) is 0 Å². The Hall–Kier alpha value is -0.0800. The van der Waals surface area contributed by atoms with Gasteiger partial charge in [-0.25, -0.2) is 0 Å². The minimum atomic E-state index is -0.132. The average molecular weight is 156 g/mol. The molecule has 2 rings (SSSR count). The Labute approximate surface area is 67.2 Å². The Kier molecular flexibility index (Phi) is 1.69. The van der Waals surface area contributed by atoms with E-state index in [9.17, 15) is 10.2 Å². The quantitative estimate of drug-likeness (QED) is 0.592. The second-order valence-corrected chi connectivity index (χ2v) is 4.20. The van der Waals surface area contributed by atoms with Crippen LogP contribution in [0.2, 0.25) is 0 Å². The molecule has 0 aromatic heterocycles. The van der Waals surface area contributed by atoms with Crippen molar-refractivity contribution in [3.05, 3.63) is 0 Å². The van der Waals surface area contributed by atoms with E-state index in [0.29, 0.717) is 5.92 Å². The van der Waals surface area contributed by atoms with Crippen molar-refractivity contribution in [3.63, 3.8) is 0 Å². The van der Waals surface area contributed by atoms with Crippen LogP contribution in [-0.2, 0) is 0 Å². The maximum Gasteiger partial charge on any atom is 0.0549 e. The summed E-state index contributed by atoms with van der Waals surface area (Å²) in [6.45, 7) is 0.286. The topological polar surface area (TPSA) is 40.5 Å². The van der Waals surface area contributed by atoms with Crippen molar-refractivity contribution in [2.24, 2.45) is 11.3 Å². The van der Waals surface area contributed by atoms with Crippen LogP contribution in [0, 0.1) is 11.3 Å². The van der Waals surface area contributed by atoms with Gasteiger partial charge in [0.2, 0.25) is 0 Å². The molecular formula is C9H16O2. The molecule has 11 heavy (non-hydrogen) atoms. The molecule has 0 spiro atoms. The van der Waals surface area contributed by atoms with Crippen molar-refractivity contribution in [3.8, 4) is 0 Å². The Morgan fingerprint density at radius 2 is 2.27 bits per heavy atom. The number of hydrogen-bond acceptors (Lipinski definition) is 2. The second kappa shape index (κ2) is 2.46. The molecule has 2 fully saturated rings. The summed E-state index contributed by atoms with van der Waals surface area (Å²) in [6, 6.07) is 0. The highest BCUT2D eigenvalue weighted by atomic mass is 16.3. The zero-order valence-electron chi connectivity index (χ0n) is 6.79. The van der Waals surface area contributed by atoms with Crippen LogP contribution in [-0.4, -0.2) is 22.9 Å². The molecule has 0 heterocycles. The Balaban J connectivity index is 2.15. The summed E-state index contributed by atoms with van der Waals surface area (Å²) in [7, 11) is 0. The highest BCUT2D eigenvalue weighted by Gasteiger charge is 2.48. The normalized spacial score (nSPS) is 49.6. The smallest absolute Gasteiger partial charge is 0.0549 e. The summed E-state index contributed by atoms with van der Waals surface area (Å²) >= 11 is 0. The van der Waals surface area contributed by atoms with Crippen molar-refractivity contribution in [1.29, 1.82) is 0 Å². The molecule has 2 aliphatic carbocycles. The molecule has 2 N–H and O–H groups in total. The first-order valence-electron chi connectivity index (χ1n) is 4.56. The number of hydrogen-bond donors (Lipinski definition) is 2. The molecule has 2 aliphatic rings. The first kappa shape index (κ1) is 7.56. The van der Waals surface area contributed by atoms with Gasteiger partial charge in [-0.05, 0) is 37.0 Å². The molecular weight excluding hydrogens is 140 g/mol. The third-order valence-electron chi connectivity index (χ3n) is 3.61. The fourth-order valence-electron chi connectivity index (χ4n) is 3.00. The van der Waals surface area contributed by atoms with Gasteiger partial charge in [-0.1, -0.05) is 6.42 Å². The van der Waals surface area contributed by atoms with Crippen LogP contribution in [0.4, 0.5) is 0 Å². The van der Waals surface area contributed by atoms with Crippen LogP contribution in [0.15, 0.2) is 0 Å². The van der Waals surface area contributed by atoms with Crippen LogP contribution >= 0.6 is 0 Å².